The highest BCUT2D eigenvalue weighted by molar-refractivity contribution is 5.83. The van der Waals surface area contributed by atoms with Crippen molar-refractivity contribution in [3.63, 3.8) is 0 Å². The Labute approximate surface area is 183 Å². The molecule has 3 rings (SSSR count). The highest BCUT2D eigenvalue weighted by atomic mass is 19.4. The van der Waals surface area contributed by atoms with Gasteiger partial charge in [-0.25, -0.2) is 0 Å². The van der Waals surface area contributed by atoms with E-state index in [1.54, 1.807) is 0 Å². The molecule has 180 valence electrons. The molecule has 0 radical (unpaired) electrons. The zero-order valence-corrected chi connectivity index (χ0v) is 17.8. The van der Waals surface area contributed by atoms with Crippen molar-refractivity contribution >= 4 is 5.91 Å². The van der Waals surface area contributed by atoms with Crippen LogP contribution in [0.15, 0.2) is 18.2 Å². The van der Waals surface area contributed by atoms with Gasteiger partial charge in [0.2, 0.25) is 5.91 Å². The van der Waals surface area contributed by atoms with Crippen molar-refractivity contribution in [3.8, 4) is 0 Å². The molecule has 32 heavy (non-hydrogen) atoms. The van der Waals surface area contributed by atoms with Gasteiger partial charge in [-0.2, -0.15) is 26.3 Å². The molecule has 1 aliphatic carbocycles. The summed E-state index contributed by atoms with van der Waals surface area (Å²) in [5, 5.41) is 6.17. The van der Waals surface area contributed by atoms with Gasteiger partial charge in [-0.05, 0) is 62.3 Å². The van der Waals surface area contributed by atoms with Crippen LogP contribution in [0.3, 0.4) is 0 Å². The second-order valence-corrected chi connectivity index (χ2v) is 8.72. The van der Waals surface area contributed by atoms with E-state index in [9.17, 15) is 31.1 Å². The summed E-state index contributed by atoms with van der Waals surface area (Å²) in [5.41, 5.74) is -3.69. The van der Waals surface area contributed by atoms with Crippen molar-refractivity contribution in [1.82, 2.24) is 10.6 Å². The lowest BCUT2D eigenvalue weighted by molar-refractivity contribution is -0.143. The fraction of sp³-hybridized carbons (Fsp3) is 0.682. The summed E-state index contributed by atoms with van der Waals surface area (Å²) in [6, 6.07) is 1.86. The van der Waals surface area contributed by atoms with E-state index >= 15 is 0 Å². The van der Waals surface area contributed by atoms with Crippen molar-refractivity contribution in [1.29, 1.82) is 0 Å². The van der Waals surface area contributed by atoms with E-state index in [0.717, 1.165) is 19.3 Å². The summed E-state index contributed by atoms with van der Waals surface area (Å²) in [7, 11) is 0. The summed E-state index contributed by atoms with van der Waals surface area (Å²) in [6.07, 6.45) is -5.49. The van der Waals surface area contributed by atoms with E-state index in [0.29, 0.717) is 50.7 Å². The normalized spacial score (nSPS) is 25.2. The molecule has 2 N–H and O–H groups in total. The Hall–Kier alpha value is -1.81. The minimum Gasteiger partial charge on any atom is -0.381 e. The van der Waals surface area contributed by atoms with Gasteiger partial charge < -0.3 is 15.4 Å². The molecule has 1 aromatic carbocycles. The van der Waals surface area contributed by atoms with E-state index in [2.05, 4.69) is 10.6 Å². The number of carbonyl (C=O) groups excluding carboxylic acids is 1. The number of amides is 1. The van der Waals surface area contributed by atoms with Crippen molar-refractivity contribution in [3.05, 3.63) is 34.9 Å². The van der Waals surface area contributed by atoms with Crippen molar-refractivity contribution < 1.29 is 35.9 Å². The van der Waals surface area contributed by atoms with Gasteiger partial charge in [0.15, 0.2) is 0 Å². The zero-order valence-electron chi connectivity index (χ0n) is 17.8. The summed E-state index contributed by atoms with van der Waals surface area (Å²) >= 11 is 0. The van der Waals surface area contributed by atoms with Crippen LogP contribution in [0.4, 0.5) is 26.3 Å². The minimum atomic E-state index is -4.92. The predicted octanol–water partition coefficient (Wildman–Crippen LogP) is 5.06. The molecule has 1 saturated carbocycles. The van der Waals surface area contributed by atoms with Gasteiger partial charge in [0.05, 0.1) is 16.5 Å². The lowest BCUT2D eigenvalue weighted by atomic mass is 9.82. The van der Waals surface area contributed by atoms with Crippen LogP contribution >= 0.6 is 0 Å². The number of hydrogen-bond donors (Lipinski definition) is 2. The van der Waals surface area contributed by atoms with Crippen molar-refractivity contribution in [2.24, 2.45) is 5.41 Å². The van der Waals surface area contributed by atoms with Crippen LogP contribution in [0.25, 0.3) is 0 Å². The van der Waals surface area contributed by atoms with Gasteiger partial charge in [-0.15, -0.1) is 0 Å². The Morgan fingerprint density at radius 3 is 2.12 bits per heavy atom. The largest absolute Gasteiger partial charge is 0.416 e. The maximum atomic E-state index is 13.1. The maximum absolute atomic E-state index is 13.1. The first-order valence-corrected chi connectivity index (χ1v) is 10.8. The van der Waals surface area contributed by atoms with Crippen LogP contribution < -0.4 is 10.6 Å². The lowest BCUT2D eigenvalue weighted by Crippen LogP contribution is -2.43. The van der Waals surface area contributed by atoms with E-state index in [1.807, 2.05) is 6.92 Å². The molecule has 10 heteroatoms. The molecule has 2 fully saturated rings. The second kappa shape index (κ2) is 9.59. The smallest absolute Gasteiger partial charge is 0.381 e. The monoisotopic (exact) mass is 466 g/mol. The molecule has 2 aliphatic rings. The predicted molar refractivity (Wildman–Crippen MR) is 106 cm³/mol. The quantitative estimate of drug-likeness (QED) is 0.577. The van der Waals surface area contributed by atoms with Gasteiger partial charge in [0.25, 0.3) is 0 Å². The minimum absolute atomic E-state index is 0.0857. The Morgan fingerprint density at radius 2 is 1.59 bits per heavy atom. The number of benzene rings is 1. The van der Waals surface area contributed by atoms with E-state index in [-0.39, 0.29) is 23.6 Å². The van der Waals surface area contributed by atoms with Crippen LogP contribution in [-0.4, -0.2) is 31.2 Å². The number of carbonyl (C=O) groups is 1. The average Bonchev–Trinajstić information content (AvgIpc) is 3.15. The number of hydrogen-bond acceptors (Lipinski definition) is 3. The van der Waals surface area contributed by atoms with Crippen molar-refractivity contribution in [2.75, 3.05) is 13.2 Å². The fourth-order valence-corrected chi connectivity index (χ4v) is 4.65. The molecule has 0 aromatic heterocycles. The molecule has 1 heterocycles. The molecule has 1 unspecified atom stereocenters. The Morgan fingerprint density at radius 1 is 1.00 bits per heavy atom. The fourth-order valence-electron chi connectivity index (χ4n) is 4.65. The average molecular weight is 466 g/mol. The van der Waals surface area contributed by atoms with Gasteiger partial charge >= 0.3 is 12.4 Å². The molecule has 0 bridgehead atoms. The third-order valence-electron chi connectivity index (χ3n) is 6.56. The number of nitrogens with one attached hydrogen (secondary N) is 2. The molecule has 1 aliphatic heterocycles. The van der Waals surface area contributed by atoms with E-state index in [4.69, 9.17) is 4.74 Å². The first-order chi connectivity index (χ1) is 14.9. The molecule has 1 amide bonds. The van der Waals surface area contributed by atoms with Crippen LogP contribution in [0, 0.1) is 5.41 Å². The molecule has 2 atom stereocenters. The van der Waals surface area contributed by atoms with Gasteiger partial charge in [-0.3, -0.25) is 4.79 Å². The Kier molecular flexibility index (Phi) is 7.44. The van der Waals surface area contributed by atoms with Gasteiger partial charge in [0.1, 0.15) is 0 Å². The zero-order chi connectivity index (χ0) is 23.6. The van der Waals surface area contributed by atoms with Crippen LogP contribution in [0.1, 0.15) is 62.1 Å². The van der Waals surface area contributed by atoms with E-state index < -0.39 is 35.4 Å². The molecule has 0 spiro atoms. The lowest BCUT2D eigenvalue weighted by Gasteiger charge is -2.29. The van der Waals surface area contributed by atoms with Crippen LogP contribution in [0.5, 0.6) is 0 Å². The second-order valence-electron chi connectivity index (χ2n) is 8.72. The SMILES string of the molecule is CCC1(C(=O)NCc2cc(C(F)(F)F)cc(C(F)(F)F)c2)CC[C@@H](NC2CCOCC2)C1. The first kappa shape index (κ1) is 24.8. The van der Waals surface area contributed by atoms with Crippen LogP contribution in [-0.2, 0) is 28.4 Å². The topological polar surface area (TPSA) is 50.4 Å². The molecule has 4 nitrogen and oxygen atoms in total. The third kappa shape index (κ3) is 5.95. The first-order valence-electron chi connectivity index (χ1n) is 10.8. The Bertz CT molecular complexity index is 772. The molecule has 1 aromatic rings. The summed E-state index contributed by atoms with van der Waals surface area (Å²) in [6.45, 7) is 2.87. The van der Waals surface area contributed by atoms with E-state index in [1.165, 1.54) is 0 Å². The standard InChI is InChI=1S/C22H28F6N2O2/c1-2-20(6-3-18(12-20)30-17-4-7-32-8-5-17)19(31)29-13-14-9-15(21(23,24)25)11-16(10-14)22(26,27)28/h9-11,17-18,30H,2-8,12-13H2,1H3,(H,29,31)/t18-,20?/m1/s1. The summed E-state index contributed by atoms with van der Waals surface area (Å²) in [5.74, 6) is -0.331. The number of halogens is 6. The molecule has 1 saturated heterocycles. The summed E-state index contributed by atoms with van der Waals surface area (Å²) < 4.78 is 83.7. The van der Waals surface area contributed by atoms with Crippen molar-refractivity contribution in [2.45, 2.75) is 76.4 Å². The molecular weight excluding hydrogens is 438 g/mol. The molecular formula is C22H28F6N2O2. The Balaban J connectivity index is 1.67. The maximum Gasteiger partial charge on any atom is 0.416 e. The van der Waals surface area contributed by atoms with Crippen LogP contribution in [0.2, 0.25) is 0 Å². The highest BCUT2D eigenvalue weighted by Gasteiger charge is 2.44. The highest BCUT2D eigenvalue weighted by Crippen LogP contribution is 2.42. The third-order valence-corrected chi connectivity index (χ3v) is 6.56. The van der Waals surface area contributed by atoms with Gasteiger partial charge in [0, 0.05) is 31.8 Å². The summed E-state index contributed by atoms with van der Waals surface area (Å²) in [4.78, 5) is 13.0. The number of alkyl halides is 6. The number of ether oxygens (including phenoxy) is 1. The van der Waals surface area contributed by atoms with Gasteiger partial charge in [-0.1, -0.05) is 6.92 Å². The number of rotatable bonds is 6.